The highest BCUT2D eigenvalue weighted by molar-refractivity contribution is 6.11. The number of fused-ring (bicyclic) bond motifs is 2. The van der Waals surface area contributed by atoms with E-state index in [1.165, 1.54) is 66.1 Å². The third-order valence-corrected chi connectivity index (χ3v) is 14.1. The molecule has 0 aromatic heterocycles. The third-order valence-electron chi connectivity index (χ3n) is 14.1. The summed E-state index contributed by atoms with van der Waals surface area (Å²) in [5.41, 5.74) is 18.0. The second-order valence-corrected chi connectivity index (χ2v) is 18.8. The van der Waals surface area contributed by atoms with Gasteiger partial charge in [0.1, 0.15) is 6.17 Å². The van der Waals surface area contributed by atoms with E-state index in [9.17, 15) is 0 Å². The molecule has 11 aromatic carbocycles. The van der Waals surface area contributed by atoms with Crippen molar-refractivity contribution in [1.82, 2.24) is 10.6 Å². The van der Waals surface area contributed by atoms with Crippen LogP contribution in [0.15, 0.2) is 284 Å². The standard InChI is InChI=1S/C70H52N4/c71-66(45-67(54-19-9-3-10-20-54)72-47-48-15-5-1-6-16-48)53-33-27-51(28-34-53)58-39-41-62-60(43-58)23-13-25-64(62)65-26-14-24-61-44-59(40-42-63(61)65)52-31-37-56(38-32-52)69-46-68(73-70(74-69)57-21-11-4-12-22-57)55-35-29-50(30-36-55)49-17-7-2-8-18-49/h1-47,68,70-71,73-74H/b67-45-,71-66?,72-47+. The maximum atomic E-state index is 9.06. The maximum Gasteiger partial charge on any atom is 0.104 e. The molecule has 11 aromatic rings. The van der Waals surface area contributed by atoms with E-state index in [1.54, 1.807) is 0 Å². The van der Waals surface area contributed by atoms with Crippen molar-refractivity contribution in [3.63, 3.8) is 0 Å². The molecule has 352 valence electrons. The summed E-state index contributed by atoms with van der Waals surface area (Å²) < 4.78 is 0. The van der Waals surface area contributed by atoms with Gasteiger partial charge in [-0.3, -0.25) is 10.3 Å². The first kappa shape index (κ1) is 45.6. The monoisotopic (exact) mass is 948 g/mol. The minimum atomic E-state index is -0.0526. The van der Waals surface area contributed by atoms with Crippen LogP contribution in [0, 0.1) is 5.41 Å². The maximum absolute atomic E-state index is 9.06. The second kappa shape index (κ2) is 20.7. The Hall–Kier alpha value is -9.48. The fourth-order valence-electron chi connectivity index (χ4n) is 10.1. The lowest BCUT2D eigenvalue weighted by Crippen LogP contribution is -2.39. The van der Waals surface area contributed by atoms with Crippen LogP contribution in [0.4, 0.5) is 0 Å². The number of benzene rings is 11. The van der Waals surface area contributed by atoms with Gasteiger partial charge in [-0.2, -0.15) is 0 Å². The summed E-state index contributed by atoms with van der Waals surface area (Å²) in [5.74, 6) is 0. The predicted octanol–water partition coefficient (Wildman–Crippen LogP) is 17.2. The predicted molar refractivity (Wildman–Crippen MR) is 311 cm³/mol. The van der Waals surface area contributed by atoms with Gasteiger partial charge < -0.3 is 10.7 Å². The lowest BCUT2D eigenvalue weighted by Gasteiger charge is -2.33. The molecule has 0 amide bonds. The molecule has 3 N–H and O–H groups in total. The van der Waals surface area contributed by atoms with Gasteiger partial charge in [-0.15, -0.1) is 0 Å². The van der Waals surface area contributed by atoms with Crippen LogP contribution >= 0.6 is 0 Å². The smallest absolute Gasteiger partial charge is 0.104 e. The molecule has 2 unspecified atom stereocenters. The molecule has 74 heavy (non-hydrogen) atoms. The van der Waals surface area contributed by atoms with Crippen LogP contribution in [0.5, 0.6) is 0 Å². The molecular formula is C70H52N4. The molecule has 12 rings (SSSR count). The molecule has 1 aliphatic heterocycles. The summed E-state index contributed by atoms with van der Waals surface area (Å²) >= 11 is 0. The summed E-state index contributed by atoms with van der Waals surface area (Å²) in [4.78, 5) is 4.82. The normalized spacial score (nSPS) is 14.7. The number of allylic oxidation sites excluding steroid dienone is 1. The lowest BCUT2D eigenvalue weighted by atomic mass is 9.91. The highest BCUT2D eigenvalue weighted by Gasteiger charge is 2.24. The van der Waals surface area contributed by atoms with Crippen molar-refractivity contribution in [3.8, 4) is 44.5 Å². The largest absolute Gasteiger partial charge is 0.366 e. The van der Waals surface area contributed by atoms with Gasteiger partial charge in [0.15, 0.2) is 0 Å². The van der Waals surface area contributed by atoms with Crippen molar-refractivity contribution < 1.29 is 0 Å². The van der Waals surface area contributed by atoms with Gasteiger partial charge >= 0.3 is 0 Å². The number of hydrogen-bond donors (Lipinski definition) is 3. The number of hydrogen-bond acceptors (Lipinski definition) is 4. The topological polar surface area (TPSA) is 60.3 Å². The number of rotatable bonds is 12. The highest BCUT2D eigenvalue weighted by Crippen LogP contribution is 2.38. The number of aliphatic imine (C=N–C) groups is 1. The van der Waals surface area contributed by atoms with E-state index < -0.39 is 0 Å². The van der Waals surface area contributed by atoms with Gasteiger partial charge in [0.25, 0.3) is 0 Å². The van der Waals surface area contributed by atoms with E-state index in [0.29, 0.717) is 5.71 Å². The molecule has 4 heteroatoms. The summed E-state index contributed by atoms with van der Waals surface area (Å²) in [7, 11) is 0. The van der Waals surface area contributed by atoms with E-state index in [2.05, 4.69) is 211 Å². The quantitative estimate of drug-likeness (QED) is 0.107. The SMILES string of the molecule is N=C(/C=C(\N=C\c1ccccc1)c1ccccc1)c1ccc(-c2ccc3c(-c4cccc5cc(-c6ccc(C7=CC(c8ccc(-c9ccccc9)cc8)NC(c8ccccc8)N7)cc6)ccc45)cccc3c2)cc1. The van der Waals surface area contributed by atoms with Gasteiger partial charge in [0.05, 0.1) is 17.5 Å². The summed E-state index contributed by atoms with van der Waals surface area (Å²) in [6.07, 6.45) is 5.96. The van der Waals surface area contributed by atoms with Crippen LogP contribution in [0.2, 0.25) is 0 Å². The summed E-state index contributed by atoms with van der Waals surface area (Å²) in [6, 6.07) is 94.3. The highest BCUT2D eigenvalue weighted by atomic mass is 15.2. The van der Waals surface area contributed by atoms with E-state index >= 15 is 0 Å². The van der Waals surface area contributed by atoms with Crippen molar-refractivity contribution >= 4 is 44.9 Å². The Morgan fingerprint density at radius 1 is 0.405 bits per heavy atom. The van der Waals surface area contributed by atoms with E-state index in [0.717, 1.165) is 44.8 Å². The first-order valence-electron chi connectivity index (χ1n) is 25.2. The Bertz CT molecular complexity index is 3860. The van der Waals surface area contributed by atoms with Crippen LogP contribution in [0.25, 0.3) is 77.4 Å². The molecular weight excluding hydrogens is 897 g/mol. The Morgan fingerprint density at radius 2 is 0.892 bits per heavy atom. The first-order valence-corrected chi connectivity index (χ1v) is 25.2. The molecule has 0 fully saturated rings. The average Bonchev–Trinajstić information content (AvgIpc) is 3.48. The number of nitrogens with zero attached hydrogens (tertiary/aromatic N) is 1. The van der Waals surface area contributed by atoms with Crippen molar-refractivity contribution in [3.05, 3.63) is 312 Å². The molecule has 1 aliphatic rings. The molecule has 0 bridgehead atoms. The molecule has 1 heterocycles. The van der Waals surface area contributed by atoms with Gasteiger partial charge in [-0.05, 0) is 118 Å². The molecule has 2 atom stereocenters. The summed E-state index contributed by atoms with van der Waals surface area (Å²) in [5, 5.41) is 21.5. The first-order chi connectivity index (χ1) is 36.6. The molecule has 0 aliphatic carbocycles. The van der Waals surface area contributed by atoms with Crippen LogP contribution < -0.4 is 10.6 Å². The minimum absolute atomic E-state index is 0.0227. The summed E-state index contributed by atoms with van der Waals surface area (Å²) in [6.45, 7) is 0. The molecule has 0 saturated carbocycles. The van der Waals surface area contributed by atoms with Crippen LogP contribution in [0.1, 0.15) is 45.6 Å². The van der Waals surface area contributed by atoms with Crippen LogP contribution in [0.3, 0.4) is 0 Å². The lowest BCUT2D eigenvalue weighted by molar-refractivity contribution is 0.442. The fraction of sp³-hybridized carbons (Fsp3) is 0.0286. The Balaban J connectivity index is 0.782. The second-order valence-electron chi connectivity index (χ2n) is 18.8. The minimum Gasteiger partial charge on any atom is -0.366 e. The average molecular weight is 949 g/mol. The fourth-order valence-corrected chi connectivity index (χ4v) is 10.1. The van der Waals surface area contributed by atoms with E-state index in [1.807, 2.05) is 85.1 Å². The van der Waals surface area contributed by atoms with Gasteiger partial charge in [0, 0.05) is 17.5 Å². The Kier molecular flexibility index (Phi) is 12.8. The zero-order valence-electron chi connectivity index (χ0n) is 40.7. The molecule has 0 spiro atoms. The van der Waals surface area contributed by atoms with Gasteiger partial charge in [0.2, 0.25) is 0 Å². The Labute approximate surface area is 432 Å². The Morgan fingerprint density at radius 3 is 1.50 bits per heavy atom. The van der Waals surface area contributed by atoms with Gasteiger partial charge in [-0.25, -0.2) is 0 Å². The van der Waals surface area contributed by atoms with Crippen molar-refractivity contribution in [1.29, 1.82) is 5.41 Å². The molecule has 0 radical (unpaired) electrons. The van der Waals surface area contributed by atoms with Crippen molar-refractivity contribution in [2.75, 3.05) is 0 Å². The van der Waals surface area contributed by atoms with E-state index in [-0.39, 0.29) is 12.2 Å². The van der Waals surface area contributed by atoms with Crippen LogP contribution in [-0.2, 0) is 0 Å². The van der Waals surface area contributed by atoms with Crippen molar-refractivity contribution in [2.24, 2.45) is 4.99 Å². The third kappa shape index (κ3) is 9.78. The van der Waals surface area contributed by atoms with Gasteiger partial charge in [-0.1, -0.05) is 255 Å². The van der Waals surface area contributed by atoms with E-state index in [4.69, 9.17) is 10.4 Å². The van der Waals surface area contributed by atoms with Crippen LogP contribution in [-0.4, -0.2) is 11.9 Å². The molecule has 4 nitrogen and oxygen atoms in total. The zero-order chi connectivity index (χ0) is 49.6. The zero-order valence-corrected chi connectivity index (χ0v) is 40.7. The van der Waals surface area contributed by atoms with Crippen molar-refractivity contribution in [2.45, 2.75) is 12.2 Å². The number of nitrogens with one attached hydrogen (secondary N) is 3. The molecule has 0 saturated heterocycles.